The number of H-pyrrole nitrogens is 1. The maximum atomic E-state index is 12.9. The summed E-state index contributed by atoms with van der Waals surface area (Å²) >= 11 is 0. The van der Waals surface area contributed by atoms with E-state index in [1.807, 2.05) is 13.8 Å². The first-order chi connectivity index (χ1) is 14.8. The summed E-state index contributed by atoms with van der Waals surface area (Å²) in [5.41, 5.74) is 2.39. The van der Waals surface area contributed by atoms with Crippen molar-refractivity contribution in [2.75, 3.05) is 6.61 Å². The number of aromatic nitrogens is 4. The molecule has 2 N–H and O–H groups in total. The molecular weight excluding hydrogens is 400 g/mol. The number of hydrogen-bond donors (Lipinski definition) is 2. The van der Waals surface area contributed by atoms with Gasteiger partial charge < -0.3 is 9.84 Å². The molecule has 10 nitrogen and oxygen atoms in total. The Morgan fingerprint density at radius 3 is 2.48 bits per heavy atom. The highest BCUT2D eigenvalue weighted by atomic mass is 16.5. The molecule has 2 aromatic heterocycles. The second kappa shape index (κ2) is 9.33. The van der Waals surface area contributed by atoms with E-state index in [0.717, 1.165) is 24.1 Å². The molecule has 0 saturated carbocycles. The Bertz CT molecular complexity index is 1180. The number of rotatable bonds is 8. The second-order valence-corrected chi connectivity index (χ2v) is 6.85. The molecule has 31 heavy (non-hydrogen) atoms. The lowest BCUT2D eigenvalue weighted by Crippen LogP contribution is -2.19. The number of aromatic carboxylic acids is 1. The Labute approximate surface area is 178 Å². The fourth-order valence-corrected chi connectivity index (χ4v) is 3.02. The van der Waals surface area contributed by atoms with E-state index >= 15 is 0 Å². The van der Waals surface area contributed by atoms with Crippen molar-refractivity contribution in [2.45, 2.75) is 40.5 Å². The molecule has 0 aliphatic carbocycles. The lowest BCUT2D eigenvalue weighted by Gasteiger charge is -2.12. The highest BCUT2D eigenvalue weighted by molar-refractivity contribution is 5.87. The van der Waals surface area contributed by atoms with E-state index in [2.05, 4.69) is 32.2 Å². The number of aryl methyl sites for hydroxylation is 2. The zero-order valence-electron chi connectivity index (χ0n) is 17.8. The second-order valence-electron chi connectivity index (χ2n) is 6.85. The fraction of sp³-hybridized carbons (Fsp3) is 0.333. The topological polar surface area (TPSA) is 135 Å². The molecule has 3 aromatic rings. The van der Waals surface area contributed by atoms with Gasteiger partial charge in [0.2, 0.25) is 5.88 Å². The standard InChI is InChI=1S/C21H24N6O4/c1-5-7-16-12(3)22-21(23-18(16)31-6-2)27-19(28)17(13(4)26-27)25-24-15-10-8-14(9-11-15)20(29)30/h8-11,26H,5-7H2,1-4H3,(H,29,30). The largest absolute Gasteiger partial charge is 0.478 e. The molecule has 2 heterocycles. The minimum absolute atomic E-state index is 0.110. The van der Waals surface area contributed by atoms with Crippen molar-refractivity contribution in [3.05, 3.63) is 57.1 Å². The monoisotopic (exact) mass is 424 g/mol. The van der Waals surface area contributed by atoms with Gasteiger partial charge in [-0.1, -0.05) is 13.3 Å². The van der Waals surface area contributed by atoms with E-state index in [1.165, 1.54) is 28.9 Å². The minimum Gasteiger partial charge on any atom is -0.478 e. The van der Waals surface area contributed by atoms with Crippen LogP contribution in [0.1, 0.15) is 47.6 Å². The Balaban J connectivity index is 1.97. The molecule has 3 rings (SSSR count). The predicted octanol–water partition coefficient (Wildman–Crippen LogP) is 4.04. The number of ether oxygens (including phenoxy) is 1. The third-order valence-corrected chi connectivity index (χ3v) is 4.57. The van der Waals surface area contributed by atoms with Gasteiger partial charge in [0.15, 0.2) is 5.69 Å². The SMILES string of the molecule is CCCc1c(C)nc(-n2[nH]c(C)c(N=Nc3ccc(C(=O)O)cc3)c2=O)nc1OCC. The molecule has 0 aliphatic heterocycles. The highest BCUT2D eigenvalue weighted by Crippen LogP contribution is 2.23. The van der Waals surface area contributed by atoms with E-state index in [0.29, 0.717) is 23.9 Å². The summed E-state index contributed by atoms with van der Waals surface area (Å²) in [6.07, 6.45) is 1.70. The molecule has 0 radical (unpaired) electrons. The average Bonchev–Trinajstić information content (AvgIpc) is 3.02. The third-order valence-electron chi connectivity index (χ3n) is 4.57. The number of azo groups is 1. The van der Waals surface area contributed by atoms with Crippen molar-refractivity contribution in [3.63, 3.8) is 0 Å². The van der Waals surface area contributed by atoms with E-state index in [-0.39, 0.29) is 17.2 Å². The summed E-state index contributed by atoms with van der Waals surface area (Å²) in [4.78, 5) is 32.8. The highest BCUT2D eigenvalue weighted by Gasteiger charge is 2.18. The normalized spacial score (nSPS) is 11.2. The van der Waals surface area contributed by atoms with Gasteiger partial charge in [0.25, 0.3) is 5.95 Å². The summed E-state index contributed by atoms with van der Waals surface area (Å²) < 4.78 is 6.89. The molecule has 0 bridgehead atoms. The van der Waals surface area contributed by atoms with Crippen LogP contribution in [0.2, 0.25) is 0 Å². The van der Waals surface area contributed by atoms with Crippen LogP contribution in [0.3, 0.4) is 0 Å². The van der Waals surface area contributed by atoms with Crippen LogP contribution in [0.4, 0.5) is 11.4 Å². The number of nitrogens with zero attached hydrogens (tertiary/aromatic N) is 5. The maximum absolute atomic E-state index is 12.9. The van der Waals surface area contributed by atoms with Gasteiger partial charge in [-0.25, -0.2) is 9.78 Å². The first-order valence-corrected chi connectivity index (χ1v) is 9.93. The predicted molar refractivity (Wildman–Crippen MR) is 114 cm³/mol. The van der Waals surface area contributed by atoms with Crippen molar-refractivity contribution in [1.82, 2.24) is 19.7 Å². The molecule has 0 fully saturated rings. The molecule has 10 heteroatoms. The van der Waals surface area contributed by atoms with Gasteiger partial charge >= 0.3 is 11.5 Å². The smallest absolute Gasteiger partial charge is 0.335 e. The van der Waals surface area contributed by atoms with Crippen LogP contribution >= 0.6 is 0 Å². The van der Waals surface area contributed by atoms with Crippen LogP contribution in [-0.2, 0) is 6.42 Å². The third kappa shape index (κ3) is 4.68. The lowest BCUT2D eigenvalue weighted by molar-refractivity contribution is 0.0697. The van der Waals surface area contributed by atoms with E-state index in [4.69, 9.17) is 9.84 Å². The van der Waals surface area contributed by atoms with Crippen LogP contribution in [0.25, 0.3) is 5.95 Å². The Morgan fingerprint density at radius 2 is 1.87 bits per heavy atom. The number of carboxylic acid groups (broad SMARTS) is 1. The van der Waals surface area contributed by atoms with Gasteiger partial charge in [0.05, 0.1) is 23.6 Å². The number of hydrogen-bond acceptors (Lipinski definition) is 7. The van der Waals surface area contributed by atoms with Crippen molar-refractivity contribution in [3.8, 4) is 11.8 Å². The molecule has 0 atom stereocenters. The molecule has 0 unspecified atom stereocenters. The fourth-order valence-electron chi connectivity index (χ4n) is 3.02. The summed E-state index contributed by atoms with van der Waals surface area (Å²) in [7, 11) is 0. The van der Waals surface area contributed by atoms with Gasteiger partial charge in [-0.2, -0.15) is 14.8 Å². The van der Waals surface area contributed by atoms with E-state index < -0.39 is 11.5 Å². The number of nitrogens with one attached hydrogen (secondary N) is 1. The number of aromatic amines is 1. The Kier molecular flexibility index (Phi) is 6.58. The first-order valence-electron chi connectivity index (χ1n) is 9.93. The summed E-state index contributed by atoms with van der Waals surface area (Å²) in [5, 5.41) is 20.0. The Hall–Kier alpha value is -3.82. The van der Waals surface area contributed by atoms with Crippen LogP contribution in [-0.4, -0.2) is 37.4 Å². The zero-order valence-corrected chi connectivity index (χ0v) is 17.8. The summed E-state index contributed by atoms with van der Waals surface area (Å²) in [6.45, 7) is 7.95. The molecule has 0 saturated heterocycles. The maximum Gasteiger partial charge on any atom is 0.335 e. The number of carbonyl (C=O) groups is 1. The van der Waals surface area contributed by atoms with Gasteiger partial charge in [-0.05, 0) is 51.5 Å². The van der Waals surface area contributed by atoms with Gasteiger partial charge in [-0.15, -0.1) is 5.11 Å². The average molecular weight is 424 g/mol. The van der Waals surface area contributed by atoms with E-state index in [9.17, 15) is 9.59 Å². The van der Waals surface area contributed by atoms with Crippen LogP contribution in [0.15, 0.2) is 39.3 Å². The Morgan fingerprint density at radius 1 is 1.16 bits per heavy atom. The first kappa shape index (κ1) is 21.9. The molecule has 1 aromatic carbocycles. The molecule has 0 aliphatic rings. The van der Waals surface area contributed by atoms with Gasteiger partial charge in [0, 0.05) is 11.3 Å². The van der Waals surface area contributed by atoms with Crippen LogP contribution in [0.5, 0.6) is 5.88 Å². The van der Waals surface area contributed by atoms with Crippen molar-refractivity contribution >= 4 is 17.3 Å². The van der Waals surface area contributed by atoms with Crippen LogP contribution in [0, 0.1) is 13.8 Å². The van der Waals surface area contributed by atoms with E-state index in [1.54, 1.807) is 6.92 Å². The van der Waals surface area contributed by atoms with Crippen molar-refractivity contribution in [1.29, 1.82) is 0 Å². The number of benzene rings is 1. The molecule has 162 valence electrons. The quantitative estimate of drug-likeness (QED) is 0.524. The molecule has 0 spiro atoms. The van der Waals surface area contributed by atoms with Gasteiger partial charge in [0.1, 0.15) is 0 Å². The van der Waals surface area contributed by atoms with Crippen molar-refractivity contribution in [2.24, 2.45) is 10.2 Å². The van der Waals surface area contributed by atoms with Crippen molar-refractivity contribution < 1.29 is 14.6 Å². The summed E-state index contributed by atoms with van der Waals surface area (Å²) in [6, 6.07) is 5.87. The molecular formula is C21H24N6O4. The summed E-state index contributed by atoms with van der Waals surface area (Å²) in [5.74, 6) is -0.395. The minimum atomic E-state index is -1.03. The number of carboxylic acids is 1. The lowest BCUT2D eigenvalue weighted by atomic mass is 10.1. The molecule has 0 amide bonds. The zero-order chi connectivity index (χ0) is 22.5. The van der Waals surface area contributed by atoms with Crippen LogP contribution < -0.4 is 10.3 Å². The van der Waals surface area contributed by atoms with Gasteiger partial charge in [-0.3, -0.25) is 9.89 Å².